The number of piperidine rings is 6. The van der Waals surface area contributed by atoms with Crippen molar-refractivity contribution in [2.45, 2.75) is 156 Å². The van der Waals surface area contributed by atoms with Gasteiger partial charge in [-0.2, -0.15) is 0 Å². The zero-order chi connectivity index (χ0) is 66.2. The number of halogens is 1. The van der Waals surface area contributed by atoms with Crippen LogP contribution in [0.3, 0.4) is 0 Å². The van der Waals surface area contributed by atoms with E-state index in [0.29, 0.717) is 44.0 Å². The third kappa shape index (κ3) is 21.3. The van der Waals surface area contributed by atoms with Crippen molar-refractivity contribution >= 4 is 70.7 Å². The van der Waals surface area contributed by atoms with Crippen LogP contribution in [-0.4, -0.2) is 175 Å². The molecule has 10 rings (SSSR count). The first-order chi connectivity index (χ1) is 43.0. The molecule has 9 heterocycles. The maximum absolute atomic E-state index is 12.6. The quantitative estimate of drug-likeness (QED) is 0.0702. The molecule has 3 spiro atoms. The van der Waals surface area contributed by atoms with Crippen molar-refractivity contribution in [2.75, 3.05) is 114 Å². The second-order valence-corrected chi connectivity index (χ2v) is 28.2. The van der Waals surface area contributed by atoms with Crippen LogP contribution in [0.2, 0.25) is 5.15 Å². The third-order valence-corrected chi connectivity index (χ3v) is 18.1. The number of nitrogens with one attached hydrogen (secondary N) is 2. The molecule has 1 aromatic carbocycles. The van der Waals surface area contributed by atoms with Crippen LogP contribution in [0.15, 0.2) is 79.3 Å². The first kappa shape index (κ1) is 71.0. The summed E-state index contributed by atoms with van der Waals surface area (Å²) in [6, 6.07) is 17.6. The fourth-order valence-corrected chi connectivity index (χ4v) is 12.4. The Labute approximate surface area is 542 Å². The SMILES string of the molecule is CC(C)(C)OC(=O)N1CCC2(CC1)CCN(c1ccc(C(=O)Nc3ccccc3N)cn1)CC2.CC(C)(C)OC(=O)N1CCC2(CCNCC2)CC1.COC(=O)c1ccc(Cl)nc1.COC(=O)c1ccc(N2CCC3(CCN(C(=O)OC(C)(C)C)CC3)CC2)nc1. The zero-order valence-electron chi connectivity index (χ0n) is 55.5. The van der Waals surface area contributed by atoms with Crippen molar-refractivity contribution in [3.63, 3.8) is 0 Å². The molecule has 22 nitrogen and oxygen atoms in total. The molecule has 6 fully saturated rings. The molecule has 0 unspecified atom stereocenters. The zero-order valence-corrected chi connectivity index (χ0v) is 56.3. The van der Waals surface area contributed by atoms with Gasteiger partial charge in [0.15, 0.2) is 0 Å². The Hall–Kier alpha value is -7.46. The highest BCUT2D eigenvalue weighted by Crippen LogP contribution is 2.44. The van der Waals surface area contributed by atoms with Crippen LogP contribution >= 0.6 is 11.6 Å². The van der Waals surface area contributed by atoms with Gasteiger partial charge in [0.05, 0.1) is 42.3 Å². The van der Waals surface area contributed by atoms with E-state index < -0.39 is 17.2 Å². The van der Waals surface area contributed by atoms with E-state index in [1.165, 1.54) is 39.3 Å². The summed E-state index contributed by atoms with van der Waals surface area (Å²) < 4.78 is 25.6. The number of aromatic nitrogens is 3. The number of benzene rings is 1. The Kier molecular flexibility index (Phi) is 24.4. The number of hydrogen-bond acceptors (Lipinski definition) is 18. The normalized spacial score (nSPS) is 18.6. The average molecular weight is 1280 g/mol. The highest BCUT2D eigenvalue weighted by molar-refractivity contribution is 6.29. The number of hydrogen-bond donors (Lipinski definition) is 3. The lowest BCUT2D eigenvalue weighted by molar-refractivity contribution is 0.00493. The first-order valence-corrected chi connectivity index (χ1v) is 32.4. The number of ether oxygens (including phenoxy) is 5. The van der Waals surface area contributed by atoms with Crippen LogP contribution < -0.4 is 26.2 Å². The average Bonchev–Trinajstić information content (AvgIpc) is 1.39. The number of nitrogens with two attached hydrogens (primary N) is 1. The Morgan fingerprint density at radius 2 is 0.813 bits per heavy atom. The molecule has 23 heteroatoms. The van der Waals surface area contributed by atoms with Gasteiger partial charge in [0.2, 0.25) is 0 Å². The topological polar surface area (TPSA) is 254 Å². The second-order valence-electron chi connectivity index (χ2n) is 27.8. The first-order valence-electron chi connectivity index (χ1n) is 32.0. The Morgan fingerprint density at radius 3 is 1.14 bits per heavy atom. The predicted octanol–water partition coefficient (Wildman–Crippen LogP) is 11.9. The molecule has 91 heavy (non-hydrogen) atoms. The summed E-state index contributed by atoms with van der Waals surface area (Å²) in [6.07, 6.45) is 17.2. The fourth-order valence-electron chi connectivity index (χ4n) is 12.3. The van der Waals surface area contributed by atoms with Crippen molar-refractivity contribution in [2.24, 2.45) is 16.2 Å². The molecule has 3 aromatic heterocycles. The molecule has 6 saturated heterocycles. The summed E-state index contributed by atoms with van der Waals surface area (Å²) >= 11 is 5.50. The van der Waals surface area contributed by atoms with E-state index in [4.69, 9.17) is 36.3 Å². The lowest BCUT2D eigenvalue weighted by Gasteiger charge is -2.47. The Morgan fingerprint density at radius 1 is 0.473 bits per heavy atom. The molecular formula is C68H98ClN11O11. The van der Waals surface area contributed by atoms with Crippen LogP contribution in [-0.2, 0) is 23.7 Å². The smallest absolute Gasteiger partial charge is 0.410 e. The molecule has 0 saturated carbocycles. The molecule has 0 aliphatic carbocycles. The van der Waals surface area contributed by atoms with Gasteiger partial charge < -0.3 is 64.6 Å². The summed E-state index contributed by atoms with van der Waals surface area (Å²) in [7, 11) is 2.69. The van der Waals surface area contributed by atoms with E-state index in [1.54, 1.807) is 42.7 Å². The van der Waals surface area contributed by atoms with Gasteiger partial charge in [-0.1, -0.05) is 23.7 Å². The van der Waals surface area contributed by atoms with Crippen molar-refractivity contribution in [1.29, 1.82) is 0 Å². The lowest BCUT2D eigenvalue weighted by Crippen LogP contribution is -2.49. The van der Waals surface area contributed by atoms with Crippen LogP contribution in [0.4, 0.5) is 37.4 Å². The molecular weight excluding hydrogens is 1180 g/mol. The number of carbonyl (C=O) groups is 6. The number of para-hydroxylation sites is 2. The molecule has 4 aromatic rings. The maximum atomic E-state index is 12.6. The number of likely N-dealkylation sites (tertiary alicyclic amines) is 3. The number of pyridine rings is 3. The summed E-state index contributed by atoms with van der Waals surface area (Å²) in [5.74, 6) is 0.777. The maximum Gasteiger partial charge on any atom is 0.410 e. The standard InChI is InChI=1S/C26H35N5O3.C21H31N3O4.C14H26N2O2.C7H6ClNO2/c1-25(2,3)34-24(33)31-16-12-26(13-17-31)10-14-30(15-11-26)22-9-8-19(18-28-22)23(32)29-21-7-5-4-6-20(21)27;1-20(2,3)28-19(26)24-13-9-21(10-14-24)7-11-23(12-8-21)17-6-5-16(15-22-17)18(25)27-4;1-13(2,3)18-12(17)16-10-6-14(7-11-16)4-8-15-9-5-14;1-11-7(10)5-2-3-6(8)9-4-5/h4-9,18H,10-17,27H2,1-3H3,(H,29,32);5-6,15H,7-14H2,1-4H3;15H,4-11H2,1-3H3;2-4H,1H3. The van der Waals surface area contributed by atoms with Crippen molar-refractivity contribution < 1.29 is 52.5 Å². The number of carbonyl (C=O) groups excluding carboxylic acids is 6. The molecule has 0 radical (unpaired) electrons. The van der Waals surface area contributed by atoms with E-state index >= 15 is 0 Å². The summed E-state index contributed by atoms with van der Waals surface area (Å²) in [6.45, 7) is 27.9. The van der Waals surface area contributed by atoms with Gasteiger partial charge in [0.1, 0.15) is 33.6 Å². The summed E-state index contributed by atoms with van der Waals surface area (Å²) in [5, 5.41) is 6.61. The molecule has 6 aliphatic rings. The number of methoxy groups -OCH3 is 2. The fraction of sp³-hybridized carbons (Fsp3) is 0.603. The largest absolute Gasteiger partial charge is 0.465 e. The molecule has 0 atom stereocenters. The van der Waals surface area contributed by atoms with Gasteiger partial charge in [0.25, 0.3) is 5.91 Å². The Bertz CT molecular complexity index is 3020. The minimum atomic E-state index is -0.463. The van der Waals surface area contributed by atoms with Gasteiger partial charge in [0, 0.05) is 84.0 Å². The van der Waals surface area contributed by atoms with E-state index in [1.807, 2.05) is 101 Å². The number of nitrogens with zero attached hydrogens (tertiary/aromatic N) is 8. The number of esters is 2. The van der Waals surface area contributed by atoms with Crippen molar-refractivity contribution in [3.05, 3.63) is 101 Å². The van der Waals surface area contributed by atoms with E-state index in [0.717, 1.165) is 154 Å². The second kappa shape index (κ2) is 31.2. The lowest BCUT2D eigenvalue weighted by atomic mass is 9.71. The van der Waals surface area contributed by atoms with Crippen LogP contribution in [0.5, 0.6) is 0 Å². The number of anilines is 4. The molecule has 4 amide bonds. The van der Waals surface area contributed by atoms with Gasteiger partial charge in [-0.25, -0.2) is 38.9 Å². The van der Waals surface area contributed by atoms with Gasteiger partial charge >= 0.3 is 30.2 Å². The highest BCUT2D eigenvalue weighted by atomic mass is 35.5. The van der Waals surface area contributed by atoms with Gasteiger partial charge in [-0.05, 0) is 217 Å². The van der Waals surface area contributed by atoms with Crippen LogP contribution in [0.25, 0.3) is 0 Å². The van der Waals surface area contributed by atoms with E-state index in [9.17, 15) is 28.8 Å². The predicted molar refractivity (Wildman–Crippen MR) is 353 cm³/mol. The van der Waals surface area contributed by atoms with Crippen molar-refractivity contribution in [3.8, 4) is 0 Å². The van der Waals surface area contributed by atoms with E-state index in [2.05, 4.69) is 40.1 Å². The monoisotopic (exact) mass is 1280 g/mol. The van der Waals surface area contributed by atoms with Gasteiger partial charge in [-0.15, -0.1) is 0 Å². The molecule has 6 aliphatic heterocycles. The van der Waals surface area contributed by atoms with Crippen molar-refractivity contribution in [1.82, 2.24) is 35.0 Å². The molecule has 4 N–H and O–H groups in total. The summed E-state index contributed by atoms with van der Waals surface area (Å²) in [5.41, 5.74) is 8.17. The Balaban J connectivity index is 0.000000185. The van der Waals surface area contributed by atoms with Crippen LogP contribution in [0.1, 0.15) is 170 Å². The van der Waals surface area contributed by atoms with E-state index in [-0.39, 0.29) is 41.2 Å². The number of amides is 4. The van der Waals surface area contributed by atoms with Crippen LogP contribution in [0, 0.1) is 16.2 Å². The minimum Gasteiger partial charge on any atom is -0.465 e. The van der Waals surface area contributed by atoms with Gasteiger partial charge in [-0.3, -0.25) is 4.79 Å². The molecule has 0 bridgehead atoms. The number of nitrogen functional groups attached to an aromatic ring is 1. The highest BCUT2D eigenvalue weighted by Gasteiger charge is 2.42. The summed E-state index contributed by atoms with van der Waals surface area (Å²) in [4.78, 5) is 94.3. The number of rotatable bonds is 6. The minimum absolute atomic E-state index is 0.147. The third-order valence-electron chi connectivity index (χ3n) is 17.9. The molecule has 498 valence electrons.